The first-order valence-electron chi connectivity index (χ1n) is 9.93. The van der Waals surface area contributed by atoms with Crippen molar-refractivity contribution in [3.05, 3.63) is 42.5 Å². The zero-order chi connectivity index (χ0) is 20.6. The molecule has 6 nitrogen and oxygen atoms in total. The molecule has 0 aromatic heterocycles. The lowest BCUT2D eigenvalue weighted by Crippen LogP contribution is -2.32. The average molecular weight is 406 g/mol. The van der Waals surface area contributed by atoms with Crippen molar-refractivity contribution in [1.82, 2.24) is 4.31 Å². The molecule has 154 valence electrons. The molecule has 1 aromatic carbocycles. The highest BCUT2D eigenvalue weighted by atomic mass is 32.2. The third-order valence-electron chi connectivity index (χ3n) is 4.82. The Labute approximate surface area is 169 Å². The number of sulfonamides is 1. The molecule has 0 unspecified atom stereocenters. The molecule has 0 radical (unpaired) electrons. The van der Waals surface area contributed by atoms with E-state index >= 15 is 0 Å². The Balaban J connectivity index is 2.42. The number of benzene rings is 1. The Hall–Kier alpha value is -2.12. The summed E-state index contributed by atoms with van der Waals surface area (Å²) in [6.07, 6.45) is 10.1. The molecule has 1 aliphatic rings. The van der Waals surface area contributed by atoms with E-state index in [1.54, 1.807) is 24.3 Å². The molecule has 1 fully saturated rings. The first-order chi connectivity index (χ1) is 13.4. The van der Waals surface area contributed by atoms with Crippen molar-refractivity contribution in [2.75, 3.05) is 36.4 Å². The molecule has 1 aromatic rings. The zero-order valence-electron chi connectivity index (χ0n) is 17.0. The minimum Gasteiger partial charge on any atom is -0.370 e. The van der Waals surface area contributed by atoms with Crippen LogP contribution >= 0.6 is 0 Å². The topological polar surface area (TPSA) is 69.7 Å². The maximum Gasteiger partial charge on any atom is 0.248 e. The zero-order valence-corrected chi connectivity index (χ0v) is 17.8. The van der Waals surface area contributed by atoms with E-state index in [0.717, 1.165) is 31.6 Å². The highest BCUT2D eigenvalue weighted by Crippen LogP contribution is 2.32. The van der Waals surface area contributed by atoms with E-state index in [9.17, 15) is 13.2 Å². The molecule has 7 heteroatoms. The highest BCUT2D eigenvalue weighted by molar-refractivity contribution is 7.89. The van der Waals surface area contributed by atoms with Crippen LogP contribution in [-0.2, 0) is 14.8 Å². The number of amides is 1. The van der Waals surface area contributed by atoms with Crippen LogP contribution in [0, 0.1) is 0 Å². The number of nitrogens with one attached hydrogen (secondary N) is 1. The Morgan fingerprint density at radius 1 is 1.14 bits per heavy atom. The van der Waals surface area contributed by atoms with E-state index in [4.69, 9.17) is 0 Å². The van der Waals surface area contributed by atoms with Gasteiger partial charge in [0.2, 0.25) is 15.9 Å². The van der Waals surface area contributed by atoms with E-state index in [1.807, 2.05) is 32.9 Å². The predicted molar refractivity (Wildman–Crippen MR) is 115 cm³/mol. The molecule has 1 amide bonds. The lowest BCUT2D eigenvalue weighted by Gasteiger charge is -2.31. The van der Waals surface area contributed by atoms with Gasteiger partial charge in [-0.05, 0) is 44.4 Å². The average Bonchev–Trinajstić information content (AvgIpc) is 2.69. The maximum atomic E-state index is 12.9. The molecule has 0 atom stereocenters. The first-order valence-corrected chi connectivity index (χ1v) is 11.4. The molecule has 0 bridgehead atoms. The number of rotatable bonds is 8. The number of hydrogen-bond donors (Lipinski definition) is 1. The Morgan fingerprint density at radius 2 is 1.82 bits per heavy atom. The summed E-state index contributed by atoms with van der Waals surface area (Å²) in [7, 11) is -3.59. The number of carbonyl (C=O) groups excluding carboxylic acids is 1. The van der Waals surface area contributed by atoms with Crippen molar-refractivity contribution < 1.29 is 13.2 Å². The number of carbonyl (C=O) groups is 1. The van der Waals surface area contributed by atoms with Gasteiger partial charge in [0.05, 0.1) is 16.3 Å². The van der Waals surface area contributed by atoms with Gasteiger partial charge in [0.25, 0.3) is 0 Å². The molecule has 0 spiro atoms. The third-order valence-corrected chi connectivity index (χ3v) is 6.86. The van der Waals surface area contributed by atoms with Gasteiger partial charge in [-0.2, -0.15) is 4.31 Å². The molecule has 1 N–H and O–H groups in total. The fourth-order valence-electron chi connectivity index (χ4n) is 3.33. The smallest absolute Gasteiger partial charge is 0.248 e. The molecule has 28 heavy (non-hydrogen) atoms. The summed E-state index contributed by atoms with van der Waals surface area (Å²) in [5.41, 5.74) is 1.40. The van der Waals surface area contributed by atoms with E-state index in [1.165, 1.54) is 16.8 Å². The van der Waals surface area contributed by atoms with Crippen LogP contribution in [0.5, 0.6) is 0 Å². The third kappa shape index (κ3) is 5.45. The number of piperidine rings is 1. The van der Waals surface area contributed by atoms with Crippen molar-refractivity contribution in [1.29, 1.82) is 0 Å². The largest absolute Gasteiger partial charge is 0.370 e. The van der Waals surface area contributed by atoms with E-state index in [-0.39, 0.29) is 10.8 Å². The molecule has 0 saturated carbocycles. The summed E-state index contributed by atoms with van der Waals surface area (Å²) >= 11 is 0. The van der Waals surface area contributed by atoms with Crippen LogP contribution < -0.4 is 10.2 Å². The molecular weight excluding hydrogens is 374 g/mol. The van der Waals surface area contributed by atoms with E-state index < -0.39 is 10.0 Å². The Morgan fingerprint density at radius 3 is 2.43 bits per heavy atom. The van der Waals surface area contributed by atoms with Gasteiger partial charge < -0.3 is 10.2 Å². The Bertz CT molecular complexity index is 821. The van der Waals surface area contributed by atoms with Crippen molar-refractivity contribution in [2.24, 2.45) is 0 Å². The lowest BCUT2D eigenvalue weighted by molar-refractivity contribution is -0.111. The van der Waals surface area contributed by atoms with Crippen LogP contribution in [0.1, 0.15) is 40.0 Å². The number of nitrogens with zero attached hydrogens (tertiary/aromatic N) is 2. The normalized spacial score (nSPS) is 15.6. The summed E-state index contributed by atoms with van der Waals surface area (Å²) < 4.78 is 27.2. The van der Waals surface area contributed by atoms with Crippen molar-refractivity contribution in [2.45, 2.75) is 44.9 Å². The minimum absolute atomic E-state index is 0.199. The first kappa shape index (κ1) is 22.2. The van der Waals surface area contributed by atoms with Gasteiger partial charge in [0.1, 0.15) is 0 Å². The SMILES string of the molecule is C/C=C/C=C/C(=O)Nc1cc(S(=O)(=O)N(CC)CC)ccc1N1CCCCC1. The minimum atomic E-state index is -3.59. The summed E-state index contributed by atoms with van der Waals surface area (Å²) in [6, 6.07) is 5.04. The van der Waals surface area contributed by atoms with Crippen LogP contribution in [0.25, 0.3) is 0 Å². The van der Waals surface area contributed by atoms with Gasteiger partial charge >= 0.3 is 0 Å². The second kappa shape index (κ2) is 10.4. The molecule has 1 heterocycles. The summed E-state index contributed by atoms with van der Waals surface area (Å²) in [4.78, 5) is 14.7. The summed E-state index contributed by atoms with van der Waals surface area (Å²) in [5, 5.41) is 2.87. The van der Waals surface area contributed by atoms with Crippen molar-refractivity contribution in [3.63, 3.8) is 0 Å². The van der Waals surface area contributed by atoms with Crippen LogP contribution in [0.15, 0.2) is 47.4 Å². The maximum absolute atomic E-state index is 12.9. The van der Waals surface area contributed by atoms with Gasteiger partial charge in [-0.15, -0.1) is 0 Å². The van der Waals surface area contributed by atoms with Gasteiger partial charge in [-0.25, -0.2) is 8.42 Å². The van der Waals surface area contributed by atoms with Gasteiger partial charge in [-0.1, -0.05) is 32.1 Å². The second-order valence-corrected chi connectivity index (χ2v) is 8.63. The summed E-state index contributed by atoms with van der Waals surface area (Å²) in [6.45, 7) is 8.12. The predicted octanol–water partition coefficient (Wildman–Crippen LogP) is 3.78. The standard InChI is InChI=1S/C21H31N3O3S/c1-4-7-9-12-21(25)22-19-17-18(28(26,27)24(5-2)6-3)13-14-20(19)23-15-10-8-11-16-23/h4,7,9,12-14,17H,5-6,8,10-11,15-16H2,1-3H3,(H,22,25)/b7-4+,12-9+. The highest BCUT2D eigenvalue weighted by Gasteiger charge is 2.24. The molecule has 0 aliphatic carbocycles. The number of hydrogen-bond acceptors (Lipinski definition) is 4. The lowest BCUT2D eigenvalue weighted by atomic mass is 10.1. The van der Waals surface area contributed by atoms with Crippen LogP contribution in [0.4, 0.5) is 11.4 Å². The van der Waals surface area contributed by atoms with E-state index in [0.29, 0.717) is 18.8 Å². The molecule has 2 rings (SSSR count). The van der Waals surface area contributed by atoms with Gasteiger partial charge in [0, 0.05) is 32.3 Å². The van der Waals surface area contributed by atoms with E-state index in [2.05, 4.69) is 10.2 Å². The quantitative estimate of drug-likeness (QED) is 0.528. The fourth-order valence-corrected chi connectivity index (χ4v) is 4.81. The molecule has 1 saturated heterocycles. The molecular formula is C21H31N3O3S. The van der Waals surface area contributed by atoms with Crippen LogP contribution in [-0.4, -0.2) is 44.8 Å². The van der Waals surface area contributed by atoms with Crippen LogP contribution in [0.3, 0.4) is 0 Å². The van der Waals surface area contributed by atoms with Crippen LogP contribution in [0.2, 0.25) is 0 Å². The monoisotopic (exact) mass is 405 g/mol. The number of allylic oxidation sites excluding steroid dienone is 3. The number of anilines is 2. The Kier molecular flexibility index (Phi) is 8.26. The summed E-state index contributed by atoms with van der Waals surface area (Å²) in [5.74, 6) is -0.284. The van der Waals surface area contributed by atoms with Gasteiger partial charge in [0.15, 0.2) is 0 Å². The van der Waals surface area contributed by atoms with Gasteiger partial charge in [-0.3, -0.25) is 4.79 Å². The second-order valence-electron chi connectivity index (χ2n) is 6.69. The molecule has 1 aliphatic heterocycles. The van der Waals surface area contributed by atoms with Crippen molar-refractivity contribution in [3.8, 4) is 0 Å². The van der Waals surface area contributed by atoms with Crippen molar-refractivity contribution >= 4 is 27.3 Å². The fraction of sp³-hybridized carbons (Fsp3) is 0.476.